The molecular weight excluding hydrogens is 239 g/mol. The molecule has 0 atom stereocenters. The van der Waals surface area contributed by atoms with E-state index in [2.05, 4.69) is 23.2 Å². The monoisotopic (exact) mass is 264 g/mol. The van der Waals surface area contributed by atoms with Gasteiger partial charge in [-0.3, -0.25) is 0 Å². The zero-order valence-corrected chi connectivity index (χ0v) is 11.9. The molecule has 3 heteroatoms. The maximum Gasteiger partial charge on any atom is 0.125 e. The van der Waals surface area contributed by atoms with E-state index in [-0.39, 0.29) is 5.82 Å². The first-order chi connectivity index (χ1) is 9.29. The quantitative estimate of drug-likeness (QED) is 0.816. The molecule has 0 aromatic heterocycles. The summed E-state index contributed by atoms with van der Waals surface area (Å²) in [7, 11) is 0. The van der Waals surface area contributed by atoms with Crippen molar-refractivity contribution in [1.29, 1.82) is 0 Å². The van der Waals surface area contributed by atoms with Gasteiger partial charge in [0.25, 0.3) is 0 Å². The lowest BCUT2D eigenvalue weighted by Crippen LogP contribution is -2.24. The van der Waals surface area contributed by atoms with Gasteiger partial charge >= 0.3 is 0 Å². The van der Waals surface area contributed by atoms with E-state index in [0.717, 1.165) is 43.9 Å². The second-order valence-corrected chi connectivity index (χ2v) is 5.40. The van der Waals surface area contributed by atoms with Gasteiger partial charge in [-0.1, -0.05) is 19.8 Å². The summed E-state index contributed by atoms with van der Waals surface area (Å²) in [4.78, 5) is 2.33. The maximum absolute atomic E-state index is 13.7. The molecule has 1 saturated heterocycles. The summed E-state index contributed by atoms with van der Waals surface area (Å²) in [5.74, 6) is -0.116. The molecule has 1 aliphatic rings. The third-order valence-corrected chi connectivity index (χ3v) is 3.67. The molecule has 0 unspecified atom stereocenters. The highest BCUT2D eigenvalue weighted by Crippen LogP contribution is 2.22. The van der Waals surface area contributed by atoms with Gasteiger partial charge in [0.15, 0.2) is 0 Å². The highest BCUT2D eigenvalue weighted by atomic mass is 19.1. The molecule has 1 aliphatic heterocycles. The summed E-state index contributed by atoms with van der Waals surface area (Å²) in [6.45, 7) is 6.00. The average Bonchev–Trinajstić information content (AvgIpc) is 2.67. The van der Waals surface area contributed by atoms with E-state index in [1.807, 2.05) is 0 Å². The van der Waals surface area contributed by atoms with Crippen LogP contribution in [-0.2, 0) is 6.54 Å². The number of nitrogens with one attached hydrogen (secondary N) is 1. The van der Waals surface area contributed by atoms with E-state index >= 15 is 0 Å². The van der Waals surface area contributed by atoms with Crippen LogP contribution in [-0.4, -0.2) is 19.6 Å². The Morgan fingerprint density at radius 1 is 1.11 bits per heavy atom. The molecule has 1 heterocycles. The third-order valence-electron chi connectivity index (χ3n) is 3.67. The van der Waals surface area contributed by atoms with Gasteiger partial charge in [-0.25, -0.2) is 4.39 Å². The Labute approximate surface area is 116 Å². The molecule has 0 aliphatic carbocycles. The van der Waals surface area contributed by atoms with Crippen molar-refractivity contribution in [3.63, 3.8) is 0 Å². The van der Waals surface area contributed by atoms with E-state index in [1.165, 1.54) is 25.7 Å². The number of nitrogens with zero attached hydrogens (tertiary/aromatic N) is 1. The van der Waals surface area contributed by atoms with Crippen LogP contribution >= 0.6 is 0 Å². The summed E-state index contributed by atoms with van der Waals surface area (Å²) >= 11 is 0. The van der Waals surface area contributed by atoms with Crippen molar-refractivity contribution in [2.45, 2.75) is 45.6 Å². The summed E-state index contributed by atoms with van der Waals surface area (Å²) in [5, 5.41) is 3.34. The molecule has 106 valence electrons. The SMILES string of the molecule is CCCNCc1cc(F)cc(N2CCCCCC2)c1. The second kappa shape index (κ2) is 7.49. The van der Waals surface area contributed by atoms with Gasteiger partial charge in [-0.15, -0.1) is 0 Å². The predicted molar refractivity (Wildman–Crippen MR) is 79.1 cm³/mol. The molecular formula is C16H25FN2. The van der Waals surface area contributed by atoms with Crippen molar-refractivity contribution in [3.8, 4) is 0 Å². The molecule has 0 bridgehead atoms. The lowest BCUT2D eigenvalue weighted by molar-refractivity contribution is 0.617. The fraction of sp³-hybridized carbons (Fsp3) is 0.625. The van der Waals surface area contributed by atoms with Gasteiger partial charge in [0.1, 0.15) is 5.82 Å². The van der Waals surface area contributed by atoms with Crippen molar-refractivity contribution < 1.29 is 4.39 Å². The number of rotatable bonds is 5. The fourth-order valence-corrected chi connectivity index (χ4v) is 2.66. The van der Waals surface area contributed by atoms with E-state index < -0.39 is 0 Å². The molecule has 19 heavy (non-hydrogen) atoms. The van der Waals surface area contributed by atoms with Crippen molar-refractivity contribution in [1.82, 2.24) is 5.32 Å². The van der Waals surface area contributed by atoms with Crippen LogP contribution in [0.15, 0.2) is 18.2 Å². The first kappa shape index (κ1) is 14.3. The van der Waals surface area contributed by atoms with E-state index in [4.69, 9.17) is 0 Å². The standard InChI is InChI=1S/C16H25FN2/c1-2-7-18-13-14-10-15(17)12-16(11-14)19-8-5-3-4-6-9-19/h10-12,18H,2-9,13H2,1H3. The van der Waals surface area contributed by atoms with Crippen molar-refractivity contribution in [2.24, 2.45) is 0 Å². The van der Waals surface area contributed by atoms with Gasteiger partial charge in [0, 0.05) is 25.3 Å². The minimum Gasteiger partial charge on any atom is -0.371 e. The van der Waals surface area contributed by atoms with Gasteiger partial charge in [-0.05, 0) is 49.6 Å². The molecule has 2 nitrogen and oxygen atoms in total. The zero-order chi connectivity index (χ0) is 13.5. The van der Waals surface area contributed by atoms with Gasteiger partial charge in [0.2, 0.25) is 0 Å². The van der Waals surface area contributed by atoms with Crippen LogP contribution in [0.2, 0.25) is 0 Å². The Bertz CT molecular complexity index is 384. The maximum atomic E-state index is 13.7. The van der Waals surface area contributed by atoms with Crippen LogP contribution in [0.4, 0.5) is 10.1 Å². The normalized spacial score (nSPS) is 16.4. The first-order valence-corrected chi connectivity index (χ1v) is 7.54. The van der Waals surface area contributed by atoms with Crippen LogP contribution in [0, 0.1) is 5.82 Å². The molecule has 0 amide bonds. The number of halogens is 1. The lowest BCUT2D eigenvalue weighted by atomic mass is 10.1. The zero-order valence-electron chi connectivity index (χ0n) is 11.9. The van der Waals surface area contributed by atoms with Crippen LogP contribution in [0.5, 0.6) is 0 Å². The largest absolute Gasteiger partial charge is 0.371 e. The molecule has 1 fully saturated rings. The number of benzene rings is 1. The number of hydrogen-bond acceptors (Lipinski definition) is 2. The van der Waals surface area contributed by atoms with Crippen molar-refractivity contribution in [3.05, 3.63) is 29.6 Å². The molecule has 1 N–H and O–H groups in total. The Morgan fingerprint density at radius 2 is 1.84 bits per heavy atom. The van der Waals surface area contributed by atoms with E-state index in [1.54, 1.807) is 12.1 Å². The summed E-state index contributed by atoms with van der Waals surface area (Å²) in [6, 6.07) is 5.45. The number of hydrogen-bond donors (Lipinski definition) is 1. The van der Waals surface area contributed by atoms with Crippen LogP contribution in [0.25, 0.3) is 0 Å². The Morgan fingerprint density at radius 3 is 2.53 bits per heavy atom. The van der Waals surface area contributed by atoms with Crippen LogP contribution < -0.4 is 10.2 Å². The Hall–Kier alpha value is -1.09. The minimum absolute atomic E-state index is 0.116. The summed E-state index contributed by atoms with van der Waals surface area (Å²) in [5.41, 5.74) is 2.10. The Balaban J connectivity index is 2.06. The highest BCUT2D eigenvalue weighted by Gasteiger charge is 2.11. The van der Waals surface area contributed by atoms with E-state index in [0.29, 0.717) is 0 Å². The highest BCUT2D eigenvalue weighted by molar-refractivity contribution is 5.49. The molecule has 1 aromatic carbocycles. The topological polar surface area (TPSA) is 15.3 Å². The number of anilines is 1. The van der Waals surface area contributed by atoms with Crippen molar-refractivity contribution >= 4 is 5.69 Å². The average molecular weight is 264 g/mol. The molecule has 1 aromatic rings. The van der Waals surface area contributed by atoms with Gasteiger partial charge < -0.3 is 10.2 Å². The lowest BCUT2D eigenvalue weighted by Gasteiger charge is -2.23. The van der Waals surface area contributed by atoms with E-state index in [9.17, 15) is 4.39 Å². The molecule has 0 spiro atoms. The predicted octanol–water partition coefficient (Wildman–Crippen LogP) is 3.71. The van der Waals surface area contributed by atoms with Crippen molar-refractivity contribution in [2.75, 3.05) is 24.5 Å². The fourth-order valence-electron chi connectivity index (χ4n) is 2.66. The smallest absolute Gasteiger partial charge is 0.125 e. The van der Waals surface area contributed by atoms with Gasteiger partial charge in [0.05, 0.1) is 0 Å². The summed E-state index contributed by atoms with van der Waals surface area (Å²) < 4.78 is 13.7. The third kappa shape index (κ3) is 4.50. The summed E-state index contributed by atoms with van der Waals surface area (Å²) in [6.07, 6.45) is 6.15. The van der Waals surface area contributed by atoms with Crippen LogP contribution in [0.3, 0.4) is 0 Å². The minimum atomic E-state index is -0.116. The second-order valence-electron chi connectivity index (χ2n) is 5.40. The molecule has 0 radical (unpaired) electrons. The van der Waals surface area contributed by atoms with Crippen LogP contribution in [0.1, 0.15) is 44.6 Å². The first-order valence-electron chi connectivity index (χ1n) is 7.54. The Kier molecular flexibility index (Phi) is 5.64. The molecule has 0 saturated carbocycles. The van der Waals surface area contributed by atoms with Gasteiger partial charge in [-0.2, -0.15) is 0 Å². The molecule has 2 rings (SSSR count).